The Bertz CT molecular complexity index is 502. The van der Waals surface area contributed by atoms with Crippen molar-refractivity contribution < 1.29 is 9.90 Å². The lowest BCUT2D eigenvalue weighted by molar-refractivity contribution is 0.00516. The van der Waals surface area contributed by atoms with Gasteiger partial charge in [-0.25, -0.2) is 0 Å². The molecule has 0 radical (unpaired) electrons. The first kappa shape index (κ1) is 17.0. The number of hydrogen-bond acceptors (Lipinski definition) is 3. The van der Waals surface area contributed by atoms with Crippen LogP contribution in [0.3, 0.4) is 0 Å². The molecule has 1 amide bonds. The SMILES string of the molecule is CCn1nc(CC(C)C)cc1C(=O)NCC1(O)CCCCC1. The predicted molar refractivity (Wildman–Crippen MR) is 86.8 cm³/mol. The zero-order valence-corrected chi connectivity index (χ0v) is 14.1. The summed E-state index contributed by atoms with van der Waals surface area (Å²) in [7, 11) is 0. The molecule has 0 bridgehead atoms. The fourth-order valence-corrected chi connectivity index (χ4v) is 3.13. The Kier molecular flexibility index (Phi) is 5.62. The van der Waals surface area contributed by atoms with E-state index in [2.05, 4.69) is 24.3 Å². The maximum Gasteiger partial charge on any atom is 0.269 e. The number of nitrogens with zero attached hydrogens (tertiary/aromatic N) is 2. The molecule has 1 aromatic heterocycles. The highest BCUT2D eigenvalue weighted by molar-refractivity contribution is 5.92. The van der Waals surface area contributed by atoms with Gasteiger partial charge in [0.15, 0.2) is 0 Å². The maximum atomic E-state index is 12.4. The Hall–Kier alpha value is -1.36. The Balaban J connectivity index is 2.00. The maximum absolute atomic E-state index is 12.4. The van der Waals surface area contributed by atoms with Crippen molar-refractivity contribution in [3.8, 4) is 0 Å². The van der Waals surface area contributed by atoms with Gasteiger partial charge < -0.3 is 10.4 Å². The Labute approximate surface area is 133 Å². The smallest absolute Gasteiger partial charge is 0.269 e. The van der Waals surface area contributed by atoms with Gasteiger partial charge in [-0.3, -0.25) is 9.48 Å². The van der Waals surface area contributed by atoms with Gasteiger partial charge in [-0.1, -0.05) is 33.1 Å². The van der Waals surface area contributed by atoms with Crippen LogP contribution in [0.5, 0.6) is 0 Å². The van der Waals surface area contributed by atoms with E-state index in [1.165, 1.54) is 6.42 Å². The summed E-state index contributed by atoms with van der Waals surface area (Å²) in [4.78, 5) is 12.4. The molecule has 1 aliphatic rings. The lowest BCUT2D eigenvalue weighted by Crippen LogP contribution is -2.44. The predicted octanol–water partition coefficient (Wildman–Crippen LogP) is 2.53. The summed E-state index contributed by atoms with van der Waals surface area (Å²) >= 11 is 0. The molecule has 1 saturated carbocycles. The van der Waals surface area contributed by atoms with Gasteiger partial charge in [-0.05, 0) is 38.2 Å². The summed E-state index contributed by atoms with van der Waals surface area (Å²) in [5.41, 5.74) is 0.821. The molecule has 124 valence electrons. The summed E-state index contributed by atoms with van der Waals surface area (Å²) in [6.07, 6.45) is 5.68. The molecular formula is C17H29N3O2. The fraction of sp³-hybridized carbons (Fsp3) is 0.765. The number of aliphatic hydroxyl groups is 1. The van der Waals surface area contributed by atoms with E-state index in [1.807, 2.05) is 13.0 Å². The minimum Gasteiger partial charge on any atom is -0.388 e. The summed E-state index contributed by atoms with van der Waals surface area (Å²) in [5, 5.41) is 17.9. The summed E-state index contributed by atoms with van der Waals surface area (Å²) in [6, 6.07) is 1.88. The zero-order chi connectivity index (χ0) is 16.2. The highest BCUT2D eigenvalue weighted by Gasteiger charge is 2.30. The molecule has 0 unspecified atom stereocenters. The zero-order valence-electron chi connectivity index (χ0n) is 14.1. The molecule has 0 spiro atoms. The highest BCUT2D eigenvalue weighted by atomic mass is 16.3. The van der Waals surface area contributed by atoms with Crippen LogP contribution < -0.4 is 5.32 Å². The summed E-state index contributed by atoms with van der Waals surface area (Å²) in [5.74, 6) is 0.377. The lowest BCUT2D eigenvalue weighted by Gasteiger charge is -2.32. The average molecular weight is 307 g/mol. The molecule has 1 aromatic rings. The monoisotopic (exact) mass is 307 g/mol. The van der Waals surface area contributed by atoms with Crippen molar-refractivity contribution in [2.24, 2.45) is 5.92 Å². The van der Waals surface area contributed by atoms with E-state index in [0.717, 1.165) is 37.8 Å². The topological polar surface area (TPSA) is 67.2 Å². The molecular weight excluding hydrogens is 278 g/mol. The van der Waals surface area contributed by atoms with Crippen LogP contribution in [-0.2, 0) is 13.0 Å². The second kappa shape index (κ2) is 7.27. The quantitative estimate of drug-likeness (QED) is 0.848. The molecule has 1 fully saturated rings. The number of amides is 1. The van der Waals surface area contributed by atoms with Gasteiger partial charge in [0.05, 0.1) is 11.3 Å². The van der Waals surface area contributed by atoms with E-state index < -0.39 is 5.60 Å². The van der Waals surface area contributed by atoms with Crippen molar-refractivity contribution >= 4 is 5.91 Å². The minimum atomic E-state index is -0.730. The van der Waals surface area contributed by atoms with Gasteiger partial charge in [0, 0.05) is 13.1 Å². The highest BCUT2D eigenvalue weighted by Crippen LogP contribution is 2.27. The first-order valence-electron chi connectivity index (χ1n) is 8.51. The number of carbonyl (C=O) groups excluding carboxylic acids is 1. The Morgan fingerprint density at radius 2 is 2.09 bits per heavy atom. The van der Waals surface area contributed by atoms with E-state index >= 15 is 0 Å². The van der Waals surface area contributed by atoms with Crippen molar-refractivity contribution in [2.75, 3.05) is 6.54 Å². The normalized spacial score (nSPS) is 17.7. The van der Waals surface area contributed by atoms with Gasteiger partial charge in [0.2, 0.25) is 0 Å². The van der Waals surface area contributed by atoms with E-state index in [-0.39, 0.29) is 5.91 Å². The number of aryl methyl sites for hydroxylation is 1. The first-order valence-corrected chi connectivity index (χ1v) is 8.51. The van der Waals surface area contributed by atoms with Gasteiger partial charge in [-0.2, -0.15) is 5.10 Å². The molecule has 2 N–H and O–H groups in total. The fourth-order valence-electron chi connectivity index (χ4n) is 3.13. The average Bonchev–Trinajstić information content (AvgIpc) is 2.88. The molecule has 5 nitrogen and oxygen atoms in total. The van der Waals surface area contributed by atoms with Crippen molar-refractivity contribution in [3.63, 3.8) is 0 Å². The van der Waals surface area contributed by atoms with Crippen molar-refractivity contribution in [1.82, 2.24) is 15.1 Å². The van der Waals surface area contributed by atoms with Crippen LogP contribution in [0.15, 0.2) is 6.07 Å². The van der Waals surface area contributed by atoms with E-state index in [4.69, 9.17) is 0 Å². The number of hydrogen-bond donors (Lipinski definition) is 2. The number of carbonyl (C=O) groups is 1. The molecule has 0 atom stereocenters. The lowest BCUT2D eigenvalue weighted by atomic mass is 9.85. The van der Waals surface area contributed by atoms with Crippen LogP contribution in [-0.4, -0.2) is 32.9 Å². The molecule has 2 rings (SSSR count). The van der Waals surface area contributed by atoms with Gasteiger partial charge in [0.25, 0.3) is 5.91 Å². The van der Waals surface area contributed by atoms with Crippen molar-refractivity contribution in [3.05, 3.63) is 17.5 Å². The van der Waals surface area contributed by atoms with Gasteiger partial charge in [-0.15, -0.1) is 0 Å². The van der Waals surface area contributed by atoms with Crippen LogP contribution in [0, 0.1) is 5.92 Å². The molecule has 1 aliphatic carbocycles. The third kappa shape index (κ3) is 4.32. The van der Waals surface area contributed by atoms with Crippen LogP contribution in [0.2, 0.25) is 0 Å². The number of rotatable bonds is 6. The van der Waals surface area contributed by atoms with E-state index in [1.54, 1.807) is 4.68 Å². The Morgan fingerprint density at radius 3 is 2.68 bits per heavy atom. The van der Waals surface area contributed by atoms with Crippen LogP contribution in [0.4, 0.5) is 0 Å². The van der Waals surface area contributed by atoms with Crippen molar-refractivity contribution in [2.45, 2.75) is 71.4 Å². The summed E-state index contributed by atoms with van der Waals surface area (Å²) < 4.78 is 1.75. The van der Waals surface area contributed by atoms with E-state index in [9.17, 15) is 9.90 Å². The molecule has 5 heteroatoms. The molecule has 0 aromatic carbocycles. The van der Waals surface area contributed by atoms with Gasteiger partial charge in [0.1, 0.15) is 5.69 Å². The molecule has 1 heterocycles. The van der Waals surface area contributed by atoms with Crippen LogP contribution >= 0.6 is 0 Å². The molecule has 22 heavy (non-hydrogen) atoms. The molecule has 0 saturated heterocycles. The third-order valence-corrected chi connectivity index (χ3v) is 4.34. The van der Waals surface area contributed by atoms with Gasteiger partial charge >= 0.3 is 0 Å². The van der Waals surface area contributed by atoms with Crippen LogP contribution in [0.1, 0.15) is 69.1 Å². The Morgan fingerprint density at radius 1 is 1.41 bits per heavy atom. The van der Waals surface area contributed by atoms with Crippen molar-refractivity contribution in [1.29, 1.82) is 0 Å². The number of nitrogens with one attached hydrogen (secondary N) is 1. The van der Waals surface area contributed by atoms with Crippen LogP contribution in [0.25, 0.3) is 0 Å². The summed E-state index contributed by atoms with van der Waals surface area (Å²) in [6.45, 7) is 7.27. The standard InChI is InChI=1S/C17H29N3O2/c1-4-20-15(11-14(19-20)10-13(2)3)16(21)18-12-17(22)8-6-5-7-9-17/h11,13,22H,4-10,12H2,1-3H3,(H,18,21). The largest absolute Gasteiger partial charge is 0.388 e. The molecule has 0 aliphatic heterocycles. The first-order chi connectivity index (χ1) is 10.4. The third-order valence-electron chi connectivity index (χ3n) is 4.34. The number of aromatic nitrogens is 2. The van der Waals surface area contributed by atoms with E-state index in [0.29, 0.717) is 24.7 Å². The minimum absolute atomic E-state index is 0.136. The second-order valence-corrected chi connectivity index (χ2v) is 6.90. The second-order valence-electron chi connectivity index (χ2n) is 6.90.